The largest absolute Gasteiger partial charge is 0.376 e. The zero-order valence-corrected chi connectivity index (χ0v) is 11.3. The van der Waals surface area contributed by atoms with Crippen LogP contribution in [0.15, 0.2) is 0 Å². The standard InChI is InChI=1S/C12H22N2O2S/c1-14(8-11-3-2-5-16-11)12(15)7-10-9-17-6-4-13-10/h10-11,13H,2-9H2,1H3. The van der Waals surface area contributed by atoms with Gasteiger partial charge in [-0.25, -0.2) is 0 Å². The first-order valence-electron chi connectivity index (χ1n) is 6.42. The highest BCUT2D eigenvalue weighted by molar-refractivity contribution is 7.99. The highest BCUT2D eigenvalue weighted by atomic mass is 32.2. The molecule has 4 nitrogen and oxygen atoms in total. The van der Waals surface area contributed by atoms with Crippen LogP contribution < -0.4 is 5.32 Å². The summed E-state index contributed by atoms with van der Waals surface area (Å²) in [5.41, 5.74) is 0. The molecule has 0 radical (unpaired) electrons. The number of ether oxygens (including phenoxy) is 1. The highest BCUT2D eigenvalue weighted by Crippen LogP contribution is 2.14. The molecule has 1 N–H and O–H groups in total. The molecule has 2 aliphatic rings. The molecule has 98 valence electrons. The number of hydrogen-bond acceptors (Lipinski definition) is 4. The molecule has 1 amide bonds. The van der Waals surface area contributed by atoms with Crippen molar-refractivity contribution in [2.24, 2.45) is 0 Å². The van der Waals surface area contributed by atoms with Crippen LogP contribution in [-0.2, 0) is 9.53 Å². The number of nitrogens with zero attached hydrogens (tertiary/aromatic N) is 1. The lowest BCUT2D eigenvalue weighted by molar-refractivity contribution is -0.131. The molecule has 0 spiro atoms. The van der Waals surface area contributed by atoms with E-state index in [0.717, 1.165) is 44.0 Å². The molecule has 2 rings (SSSR count). The Morgan fingerprint density at radius 2 is 2.47 bits per heavy atom. The first-order valence-corrected chi connectivity index (χ1v) is 7.58. The maximum atomic E-state index is 12.0. The number of rotatable bonds is 4. The number of thioether (sulfide) groups is 1. The molecule has 0 aromatic rings. The van der Waals surface area contributed by atoms with E-state index in [1.54, 1.807) is 0 Å². The van der Waals surface area contributed by atoms with E-state index >= 15 is 0 Å². The molecule has 2 atom stereocenters. The van der Waals surface area contributed by atoms with Gasteiger partial charge in [-0.3, -0.25) is 4.79 Å². The third-order valence-electron chi connectivity index (χ3n) is 3.35. The number of nitrogens with one attached hydrogen (secondary N) is 1. The third-order valence-corrected chi connectivity index (χ3v) is 4.48. The molecular formula is C12H22N2O2S. The van der Waals surface area contributed by atoms with E-state index in [1.807, 2.05) is 23.7 Å². The van der Waals surface area contributed by atoms with Crippen molar-refractivity contribution in [1.82, 2.24) is 10.2 Å². The predicted octanol–water partition coefficient (Wildman–Crippen LogP) is 0.719. The van der Waals surface area contributed by atoms with E-state index in [0.29, 0.717) is 12.5 Å². The molecule has 17 heavy (non-hydrogen) atoms. The second-order valence-electron chi connectivity index (χ2n) is 4.84. The van der Waals surface area contributed by atoms with Crippen LogP contribution >= 0.6 is 11.8 Å². The highest BCUT2D eigenvalue weighted by Gasteiger charge is 2.22. The van der Waals surface area contributed by atoms with Crippen LogP contribution in [0, 0.1) is 0 Å². The van der Waals surface area contributed by atoms with Crippen molar-refractivity contribution >= 4 is 17.7 Å². The molecule has 0 aromatic heterocycles. The van der Waals surface area contributed by atoms with Gasteiger partial charge in [0.2, 0.25) is 5.91 Å². The van der Waals surface area contributed by atoms with Gasteiger partial charge in [0.05, 0.1) is 6.10 Å². The number of carbonyl (C=O) groups excluding carboxylic acids is 1. The summed E-state index contributed by atoms with van der Waals surface area (Å²) in [6, 6.07) is 0.355. The molecule has 0 aromatic carbocycles. The lowest BCUT2D eigenvalue weighted by Crippen LogP contribution is -2.43. The summed E-state index contributed by atoms with van der Waals surface area (Å²) in [5.74, 6) is 2.45. The maximum Gasteiger partial charge on any atom is 0.223 e. The van der Waals surface area contributed by atoms with E-state index in [2.05, 4.69) is 5.32 Å². The molecule has 2 heterocycles. The molecular weight excluding hydrogens is 236 g/mol. The Balaban J connectivity index is 1.70. The van der Waals surface area contributed by atoms with Crippen LogP contribution in [-0.4, -0.2) is 61.2 Å². The fourth-order valence-corrected chi connectivity index (χ4v) is 3.26. The minimum atomic E-state index is 0.237. The van der Waals surface area contributed by atoms with Gasteiger partial charge in [0, 0.05) is 50.7 Å². The van der Waals surface area contributed by atoms with Crippen LogP contribution in [0.25, 0.3) is 0 Å². The molecule has 0 saturated carbocycles. The number of hydrogen-bond donors (Lipinski definition) is 1. The summed E-state index contributed by atoms with van der Waals surface area (Å²) in [4.78, 5) is 13.9. The van der Waals surface area contributed by atoms with Crippen LogP contribution in [0.2, 0.25) is 0 Å². The average Bonchev–Trinajstić information content (AvgIpc) is 2.83. The zero-order valence-electron chi connectivity index (χ0n) is 10.5. The summed E-state index contributed by atoms with van der Waals surface area (Å²) in [6.07, 6.45) is 3.11. The van der Waals surface area contributed by atoms with Gasteiger partial charge in [-0.05, 0) is 12.8 Å². The Labute approximate surface area is 107 Å². The van der Waals surface area contributed by atoms with Crippen LogP contribution in [0.1, 0.15) is 19.3 Å². The van der Waals surface area contributed by atoms with Gasteiger partial charge in [0.25, 0.3) is 0 Å². The number of amides is 1. The van der Waals surface area contributed by atoms with E-state index < -0.39 is 0 Å². The summed E-state index contributed by atoms with van der Waals surface area (Å²) >= 11 is 1.93. The monoisotopic (exact) mass is 258 g/mol. The van der Waals surface area contributed by atoms with Crippen LogP contribution in [0.5, 0.6) is 0 Å². The third kappa shape index (κ3) is 4.16. The van der Waals surface area contributed by atoms with Crippen molar-refractivity contribution in [2.75, 3.05) is 38.2 Å². The van der Waals surface area contributed by atoms with Crippen molar-refractivity contribution in [3.63, 3.8) is 0 Å². The average molecular weight is 258 g/mol. The van der Waals surface area contributed by atoms with Crippen molar-refractivity contribution in [2.45, 2.75) is 31.4 Å². The molecule has 2 aliphatic heterocycles. The van der Waals surface area contributed by atoms with E-state index in [4.69, 9.17) is 4.74 Å². The van der Waals surface area contributed by atoms with E-state index in [-0.39, 0.29) is 12.0 Å². The van der Waals surface area contributed by atoms with Gasteiger partial charge < -0.3 is 15.0 Å². The lowest BCUT2D eigenvalue weighted by Gasteiger charge is -2.26. The van der Waals surface area contributed by atoms with Crippen molar-refractivity contribution in [1.29, 1.82) is 0 Å². The Kier molecular flexibility index (Phi) is 5.13. The van der Waals surface area contributed by atoms with Crippen LogP contribution in [0.3, 0.4) is 0 Å². The minimum Gasteiger partial charge on any atom is -0.376 e. The Morgan fingerprint density at radius 1 is 1.59 bits per heavy atom. The topological polar surface area (TPSA) is 41.6 Å². The van der Waals surface area contributed by atoms with Crippen molar-refractivity contribution < 1.29 is 9.53 Å². The van der Waals surface area contributed by atoms with Gasteiger partial charge in [-0.2, -0.15) is 11.8 Å². The molecule has 2 fully saturated rings. The Morgan fingerprint density at radius 3 is 3.12 bits per heavy atom. The van der Waals surface area contributed by atoms with Gasteiger partial charge in [-0.15, -0.1) is 0 Å². The fraction of sp³-hybridized carbons (Fsp3) is 0.917. The molecule has 5 heteroatoms. The van der Waals surface area contributed by atoms with Gasteiger partial charge in [0.1, 0.15) is 0 Å². The van der Waals surface area contributed by atoms with Gasteiger partial charge in [-0.1, -0.05) is 0 Å². The van der Waals surface area contributed by atoms with Gasteiger partial charge >= 0.3 is 0 Å². The fourth-order valence-electron chi connectivity index (χ4n) is 2.31. The first kappa shape index (κ1) is 13.2. The maximum absolute atomic E-state index is 12.0. The number of carbonyl (C=O) groups is 1. The number of likely N-dealkylation sites (N-methyl/N-ethyl adjacent to an activating group) is 1. The SMILES string of the molecule is CN(CC1CCCO1)C(=O)CC1CSCCN1. The molecule has 0 bridgehead atoms. The minimum absolute atomic E-state index is 0.237. The summed E-state index contributed by atoms with van der Waals surface area (Å²) < 4.78 is 5.55. The van der Waals surface area contributed by atoms with Crippen molar-refractivity contribution in [3.8, 4) is 0 Å². The van der Waals surface area contributed by atoms with Crippen LogP contribution in [0.4, 0.5) is 0 Å². The van der Waals surface area contributed by atoms with Gasteiger partial charge in [0.15, 0.2) is 0 Å². The second kappa shape index (κ2) is 6.61. The Bertz CT molecular complexity index is 251. The molecule has 2 unspecified atom stereocenters. The van der Waals surface area contributed by atoms with E-state index in [9.17, 15) is 4.79 Å². The zero-order chi connectivity index (χ0) is 12.1. The smallest absolute Gasteiger partial charge is 0.223 e. The normalized spacial score (nSPS) is 29.2. The summed E-state index contributed by atoms with van der Waals surface area (Å²) in [6.45, 7) is 2.63. The quantitative estimate of drug-likeness (QED) is 0.807. The summed E-state index contributed by atoms with van der Waals surface area (Å²) in [7, 11) is 1.89. The predicted molar refractivity (Wildman–Crippen MR) is 70.3 cm³/mol. The molecule has 0 aliphatic carbocycles. The lowest BCUT2D eigenvalue weighted by atomic mass is 10.2. The van der Waals surface area contributed by atoms with E-state index in [1.165, 1.54) is 0 Å². The molecule has 2 saturated heterocycles. The Hall–Kier alpha value is -0.260. The van der Waals surface area contributed by atoms with Crippen molar-refractivity contribution in [3.05, 3.63) is 0 Å². The summed E-state index contributed by atoms with van der Waals surface area (Å²) in [5, 5.41) is 3.40. The second-order valence-corrected chi connectivity index (χ2v) is 5.99. The first-order chi connectivity index (χ1) is 8.25.